The van der Waals surface area contributed by atoms with E-state index in [0.717, 1.165) is 46.6 Å². The number of amides is 1. The first-order valence-electron chi connectivity index (χ1n) is 10.8. The van der Waals surface area contributed by atoms with Gasteiger partial charge in [0.2, 0.25) is 5.91 Å². The summed E-state index contributed by atoms with van der Waals surface area (Å²) in [4.78, 5) is 14.6. The molecule has 0 radical (unpaired) electrons. The molecule has 32 heavy (non-hydrogen) atoms. The zero-order valence-corrected chi connectivity index (χ0v) is 19.3. The first-order chi connectivity index (χ1) is 14.8. The van der Waals surface area contributed by atoms with E-state index in [0.29, 0.717) is 19.4 Å². The van der Waals surface area contributed by atoms with Crippen LogP contribution in [0.4, 0.5) is 24.5 Å². The van der Waals surface area contributed by atoms with Crippen LogP contribution in [-0.4, -0.2) is 18.8 Å². The molecule has 0 bridgehead atoms. The molecule has 0 aliphatic carbocycles. The molecule has 0 fully saturated rings. The molecule has 1 N–H and O–H groups in total. The molecular weight excluding hydrogens is 417 g/mol. The van der Waals surface area contributed by atoms with Crippen molar-refractivity contribution in [2.45, 2.75) is 66.8 Å². The molecule has 0 atom stereocenters. The first kappa shape index (κ1) is 24.0. The molecule has 174 valence electrons. The minimum Gasteiger partial charge on any atom is -0.406 e. The summed E-state index contributed by atoms with van der Waals surface area (Å²) in [6.45, 7) is 11.5. The van der Waals surface area contributed by atoms with Crippen LogP contribution in [0.25, 0.3) is 0 Å². The summed E-state index contributed by atoms with van der Waals surface area (Å²) < 4.78 is 41.7. The van der Waals surface area contributed by atoms with Crippen molar-refractivity contribution >= 4 is 17.3 Å². The Hall–Kier alpha value is -2.70. The number of carbonyl (C=O) groups excluding carboxylic acids is 1. The Kier molecular flexibility index (Phi) is 6.77. The Morgan fingerprint density at radius 3 is 2.31 bits per heavy atom. The van der Waals surface area contributed by atoms with Crippen molar-refractivity contribution in [1.82, 2.24) is 0 Å². The van der Waals surface area contributed by atoms with Crippen LogP contribution >= 0.6 is 0 Å². The van der Waals surface area contributed by atoms with Crippen LogP contribution in [0.3, 0.4) is 0 Å². The highest BCUT2D eigenvalue weighted by Crippen LogP contribution is 2.32. The molecule has 1 amide bonds. The molecule has 0 aromatic heterocycles. The second-order valence-corrected chi connectivity index (χ2v) is 9.74. The van der Waals surface area contributed by atoms with Crippen LogP contribution in [0.2, 0.25) is 0 Å². The molecule has 1 aliphatic heterocycles. The summed E-state index contributed by atoms with van der Waals surface area (Å²) in [7, 11) is 0. The monoisotopic (exact) mass is 448 g/mol. The number of nitrogens with one attached hydrogen (secondary N) is 1. The van der Waals surface area contributed by atoms with E-state index in [2.05, 4.69) is 27.1 Å². The van der Waals surface area contributed by atoms with E-state index in [9.17, 15) is 18.0 Å². The Bertz CT molecular complexity index is 971. The molecule has 2 aromatic rings. The normalized spacial score (nSPS) is 14.6. The molecule has 1 heterocycles. The summed E-state index contributed by atoms with van der Waals surface area (Å²) >= 11 is 0. The second kappa shape index (κ2) is 9.04. The minimum atomic E-state index is -4.69. The maximum absolute atomic E-state index is 12.5. The Balaban J connectivity index is 1.79. The van der Waals surface area contributed by atoms with E-state index in [1.165, 1.54) is 12.1 Å². The highest BCUT2D eigenvalue weighted by Gasteiger charge is 2.31. The number of carbonyl (C=O) groups is 1. The quantitative estimate of drug-likeness (QED) is 0.578. The van der Waals surface area contributed by atoms with Gasteiger partial charge in [0.25, 0.3) is 0 Å². The molecule has 0 spiro atoms. The number of halogens is 3. The van der Waals surface area contributed by atoms with Gasteiger partial charge in [0.15, 0.2) is 0 Å². The Morgan fingerprint density at radius 1 is 1.06 bits per heavy atom. The van der Waals surface area contributed by atoms with Gasteiger partial charge in [0.1, 0.15) is 5.75 Å². The molecule has 0 unspecified atom stereocenters. The van der Waals surface area contributed by atoms with E-state index < -0.39 is 6.36 Å². The van der Waals surface area contributed by atoms with Crippen LogP contribution in [-0.2, 0) is 17.8 Å². The summed E-state index contributed by atoms with van der Waals surface area (Å²) in [6, 6.07) is 8.71. The molecule has 1 aliphatic rings. The third-order valence-electron chi connectivity index (χ3n) is 5.48. The van der Waals surface area contributed by atoms with Crippen molar-refractivity contribution < 1.29 is 22.7 Å². The number of hydrogen-bond acceptors (Lipinski definition) is 3. The Labute approximate surface area is 187 Å². The number of hydrogen-bond donors (Lipinski definition) is 1. The van der Waals surface area contributed by atoms with Gasteiger partial charge in [-0.3, -0.25) is 4.79 Å². The van der Waals surface area contributed by atoms with Crippen molar-refractivity contribution in [3.05, 3.63) is 52.6 Å². The van der Waals surface area contributed by atoms with Crippen molar-refractivity contribution in [3.63, 3.8) is 0 Å². The zero-order chi connectivity index (χ0) is 23.7. The molecule has 3 rings (SSSR count). The van der Waals surface area contributed by atoms with Gasteiger partial charge in [-0.15, -0.1) is 13.2 Å². The highest BCUT2D eigenvalue weighted by molar-refractivity contribution is 5.93. The standard InChI is InChI=1S/C25H31F3N2O2/c1-16-11-20(12-17(2)23(16)29-22(31)14-24(3,4)5)30-10-6-7-18-13-21(32-25(26,27)28)9-8-19(18)15-30/h8-9,11-13H,6-7,10,14-15H2,1-5H3,(H,29,31). The van der Waals surface area contributed by atoms with Crippen molar-refractivity contribution in [2.24, 2.45) is 5.41 Å². The summed E-state index contributed by atoms with van der Waals surface area (Å²) in [5.74, 6) is -0.177. The number of fused-ring (bicyclic) bond motifs is 1. The highest BCUT2D eigenvalue weighted by atomic mass is 19.4. The van der Waals surface area contributed by atoms with Gasteiger partial charge in [0, 0.05) is 30.9 Å². The second-order valence-electron chi connectivity index (χ2n) is 9.74. The number of anilines is 2. The molecule has 7 heteroatoms. The lowest BCUT2D eigenvalue weighted by atomic mass is 9.92. The van der Waals surface area contributed by atoms with E-state index in [4.69, 9.17) is 0 Å². The first-order valence-corrected chi connectivity index (χ1v) is 10.8. The third-order valence-corrected chi connectivity index (χ3v) is 5.48. The number of rotatable bonds is 4. The number of ether oxygens (including phenoxy) is 1. The van der Waals surface area contributed by atoms with E-state index in [1.807, 2.05) is 34.6 Å². The molecule has 2 aromatic carbocycles. The lowest BCUT2D eigenvalue weighted by Crippen LogP contribution is -2.23. The van der Waals surface area contributed by atoms with Crippen LogP contribution in [0.1, 0.15) is 55.9 Å². The van der Waals surface area contributed by atoms with Crippen molar-refractivity contribution in [1.29, 1.82) is 0 Å². The summed E-state index contributed by atoms with van der Waals surface area (Å²) in [5, 5.41) is 3.05. The van der Waals surface area contributed by atoms with Gasteiger partial charge < -0.3 is 15.0 Å². The van der Waals surface area contributed by atoms with Gasteiger partial charge >= 0.3 is 6.36 Å². The lowest BCUT2D eigenvalue weighted by Gasteiger charge is -2.26. The topological polar surface area (TPSA) is 41.6 Å². The largest absolute Gasteiger partial charge is 0.573 e. The van der Waals surface area contributed by atoms with Crippen LogP contribution in [0.15, 0.2) is 30.3 Å². The maximum Gasteiger partial charge on any atom is 0.573 e. The summed E-state index contributed by atoms with van der Waals surface area (Å²) in [6.07, 6.45) is -2.73. The van der Waals surface area contributed by atoms with E-state index >= 15 is 0 Å². The maximum atomic E-state index is 12.5. The molecule has 0 saturated heterocycles. The predicted octanol–water partition coefficient (Wildman–Crippen LogP) is 6.53. The SMILES string of the molecule is Cc1cc(N2CCCc3cc(OC(F)(F)F)ccc3C2)cc(C)c1NC(=O)CC(C)(C)C. The van der Waals surface area contributed by atoms with Crippen LogP contribution < -0.4 is 15.0 Å². The summed E-state index contributed by atoms with van der Waals surface area (Å²) in [5.41, 5.74) is 5.64. The van der Waals surface area contributed by atoms with Gasteiger partial charge in [-0.25, -0.2) is 0 Å². The molecular formula is C25H31F3N2O2. The minimum absolute atomic E-state index is 0.00275. The van der Waals surface area contributed by atoms with Gasteiger partial charge in [-0.1, -0.05) is 26.8 Å². The Morgan fingerprint density at radius 2 is 1.72 bits per heavy atom. The third kappa shape index (κ3) is 6.40. The average Bonchev–Trinajstić information content (AvgIpc) is 2.84. The molecule has 0 saturated carbocycles. The number of alkyl halides is 3. The zero-order valence-electron chi connectivity index (χ0n) is 19.3. The number of benzene rings is 2. The van der Waals surface area contributed by atoms with E-state index in [-0.39, 0.29) is 17.1 Å². The average molecular weight is 449 g/mol. The smallest absolute Gasteiger partial charge is 0.406 e. The van der Waals surface area contributed by atoms with E-state index in [1.54, 1.807) is 6.07 Å². The van der Waals surface area contributed by atoms with Gasteiger partial charge in [-0.05, 0) is 78.6 Å². The van der Waals surface area contributed by atoms with Crippen LogP contribution in [0.5, 0.6) is 5.75 Å². The van der Waals surface area contributed by atoms with Gasteiger partial charge in [-0.2, -0.15) is 0 Å². The number of aryl methyl sites for hydroxylation is 3. The number of nitrogens with zero attached hydrogens (tertiary/aromatic N) is 1. The van der Waals surface area contributed by atoms with Crippen molar-refractivity contribution in [2.75, 3.05) is 16.8 Å². The van der Waals surface area contributed by atoms with Crippen molar-refractivity contribution in [3.8, 4) is 5.75 Å². The molecule has 4 nitrogen and oxygen atoms in total. The van der Waals surface area contributed by atoms with Crippen LogP contribution in [0, 0.1) is 19.3 Å². The fourth-order valence-electron chi connectivity index (χ4n) is 4.14. The fourth-order valence-corrected chi connectivity index (χ4v) is 4.14. The van der Waals surface area contributed by atoms with Gasteiger partial charge in [0.05, 0.1) is 0 Å². The predicted molar refractivity (Wildman–Crippen MR) is 121 cm³/mol. The lowest BCUT2D eigenvalue weighted by molar-refractivity contribution is -0.274. The fraction of sp³-hybridized carbons (Fsp3) is 0.480.